The van der Waals surface area contributed by atoms with Crippen LogP contribution in [0, 0.1) is 12.7 Å². The van der Waals surface area contributed by atoms with E-state index in [1.54, 1.807) is 25.1 Å². The molecule has 0 bridgehead atoms. The van der Waals surface area contributed by atoms with E-state index in [0.717, 1.165) is 11.3 Å². The number of aromatic nitrogens is 1. The predicted molar refractivity (Wildman–Crippen MR) is 75.5 cm³/mol. The number of halogens is 1. The number of ether oxygens (including phenoxy) is 1. The van der Waals surface area contributed by atoms with Gasteiger partial charge in [-0.15, -0.1) is 0 Å². The summed E-state index contributed by atoms with van der Waals surface area (Å²) in [6.45, 7) is 5.66. The molecule has 0 spiro atoms. The summed E-state index contributed by atoms with van der Waals surface area (Å²) in [7, 11) is 0. The van der Waals surface area contributed by atoms with E-state index < -0.39 is 0 Å². The molecular weight excluding hydrogens is 257 g/mol. The number of benzene rings is 1. The van der Waals surface area contributed by atoms with Gasteiger partial charge in [0.05, 0.1) is 6.61 Å². The minimum atomic E-state index is -0.266. The Labute approximate surface area is 118 Å². The summed E-state index contributed by atoms with van der Waals surface area (Å²) in [4.78, 5) is 4.40. The highest BCUT2D eigenvalue weighted by atomic mass is 19.1. The monoisotopic (exact) mass is 275 g/mol. The molecule has 0 unspecified atom stereocenters. The minimum Gasteiger partial charge on any atom is -0.439 e. The van der Waals surface area contributed by atoms with Crippen LogP contribution in [0.1, 0.15) is 36.6 Å². The summed E-state index contributed by atoms with van der Waals surface area (Å²) in [5.41, 5.74) is 2.12. The van der Waals surface area contributed by atoms with E-state index in [4.69, 9.17) is 4.74 Å². The molecule has 4 heteroatoms. The molecule has 0 aliphatic carbocycles. The van der Waals surface area contributed by atoms with Gasteiger partial charge in [-0.3, -0.25) is 0 Å². The normalized spacial score (nSPS) is 10.9. The van der Waals surface area contributed by atoms with E-state index in [-0.39, 0.29) is 18.3 Å². The molecule has 20 heavy (non-hydrogen) atoms. The van der Waals surface area contributed by atoms with Crippen LogP contribution in [0.15, 0.2) is 30.3 Å². The largest absolute Gasteiger partial charge is 0.439 e. The Morgan fingerprint density at radius 1 is 1.25 bits per heavy atom. The molecule has 0 radical (unpaired) electrons. The Kier molecular flexibility index (Phi) is 4.35. The summed E-state index contributed by atoms with van der Waals surface area (Å²) in [6, 6.07) is 8.09. The van der Waals surface area contributed by atoms with Crippen molar-refractivity contribution in [3.63, 3.8) is 0 Å². The number of aliphatic hydroxyl groups is 1. The molecule has 1 aromatic heterocycles. The Hall–Kier alpha value is -1.94. The third-order valence-corrected chi connectivity index (χ3v) is 3.01. The summed E-state index contributed by atoms with van der Waals surface area (Å²) in [5.74, 6) is 0.906. The first kappa shape index (κ1) is 14.5. The molecule has 0 amide bonds. The van der Waals surface area contributed by atoms with Gasteiger partial charge in [0, 0.05) is 11.8 Å². The van der Waals surface area contributed by atoms with Crippen molar-refractivity contribution in [1.82, 2.24) is 4.98 Å². The molecule has 0 atom stereocenters. The van der Waals surface area contributed by atoms with Crippen molar-refractivity contribution in [3.8, 4) is 11.6 Å². The standard InChI is InChI=1S/C16H18FNO2/c1-10(2)15-7-12(9-19)8-16(18-15)20-13-4-5-14(17)11(3)6-13/h4-8,10,19H,9H2,1-3H3. The fourth-order valence-electron chi connectivity index (χ4n) is 1.82. The molecule has 3 nitrogen and oxygen atoms in total. The molecule has 106 valence electrons. The summed E-state index contributed by atoms with van der Waals surface area (Å²) in [6.07, 6.45) is 0. The van der Waals surface area contributed by atoms with E-state index in [0.29, 0.717) is 17.2 Å². The Balaban J connectivity index is 2.32. The number of aryl methyl sites for hydroxylation is 1. The molecule has 1 N–H and O–H groups in total. The maximum Gasteiger partial charge on any atom is 0.219 e. The second-order valence-corrected chi connectivity index (χ2v) is 5.06. The number of aliphatic hydroxyl groups excluding tert-OH is 1. The Morgan fingerprint density at radius 2 is 2.00 bits per heavy atom. The number of pyridine rings is 1. The van der Waals surface area contributed by atoms with Gasteiger partial charge in [-0.1, -0.05) is 13.8 Å². The molecule has 0 saturated heterocycles. The summed E-state index contributed by atoms with van der Waals surface area (Å²) in [5, 5.41) is 9.28. The summed E-state index contributed by atoms with van der Waals surface area (Å²) < 4.78 is 18.9. The quantitative estimate of drug-likeness (QED) is 0.919. The fourth-order valence-corrected chi connectivity index (χ4v) is 1.82. The van der Waals surface area contributed by atoms with Crippen molar-refractivity contribution < 1.29 is 14.2 Å². The highest BCUT2D eigenvalue weighted by molar-refractivity contribution is 5.34. The second kappa shape index (κ2) is 6.01. The van der Waals surface area contributed by atoms with Crippen LogP contribution >= 0.6 is 0 Å². The van der Waals surface area contributed by atoms with Crippen LogP contribution in [0.5, 0.6) is 11.6 Å². The van der Waals surface area contributed by atoms with Gasteiger partial charge in [-0.05, 0) is 48.2 Å². The predicted octanol–water partition coefficient (Wildman–Crippen LogP) is 3.94. The first-order valence-electron chi connectivity index (χ1n) is 6.55. The van der Waals surface area contributed by atoms with Crippen LogP contribution in [0.25, 0.3) is 0 Å². The lowest BCUT2D eigenvalue weighted by molar-refractivity contribution is 0.280. The molecular formula is C16H18FNO2. The van der Waals surface area contributed by atoms with Gasteiger partial charge in [0.1, 0.15) is 11.6 Å². The van der Waals surface area contributed by atoms with Gasteiger partial charge in [-0.25, -0.2) is 9.37 Å². The van der Waals surface area contributed by atoms with Gasteiger partial charge < -0.3 is 9.84 Å². The van der Waals surface area contributed by atoms with Crippen molar-refractivity contribution in [3.05, 3.63) is 53.0 Å². The lowest BCUT2D eigenvalue weighted by atomic mass is 10.1. The zero-order valence-corrected chi connectivity index (χ0v) is 11.9. The number of nitrogens with zero attached hydrogens (tertiary/aromatic N) is 1. The molecule has 0 aliphatic rings. The van der Waals surface area contributed by atoms with Crippen molar-refractivity contribution >= 4 is 0 Å². The van der Waals surface area contributed by atoms with Crippen LogP contribution < -0.4 is 4.74 Å². The molecule has 1 heterocycles. The van der Waals surface area contributed by atoms with Gasteiger partial charge in [-0.2, -0.15) is 0 Å². The number of hydrogen-bond donors (Lipinski definition) is 1. The van der Waals surface area contributed by atoms with Gasteiger partial charge in [0.2, 0.25) is 5.88 Å². The van der Waals surface area contributed by atoms with Crippen molar-refractivity contribution in [2.75, 3.05) is 0 Å². The maximum atomic E-state index is 13.2. The van der Waals surface area contributed by atoms with E-state index >= 15 is 0 Å². The fraction of sp³-hybridized carbons (Fsp3) is 0.312. The van der Waals surface area contributed by atoms with Crippen LogP contribution in [0.3, 0.4) is 0 Å². The van der Waals surface area contributed by atoms with Gasteiger partial charge in [0.25, 0.3) is 0 Å². The SMILES string of the molecule is Cc1cc(Oc2cc(CO)cc(C(C)C)n2)ccc1F. The highest BCUT2D eigenvalue weighted by Crippen LogP contribution is 2.25. The van der Waals surface area contributed by atoms with Gasteiger partial charge in [0.15, 0.2) is 0 Å². The third kappa shape index (κ3) is 3.33. The average Bonchev–Trinajstić information content (AvgIpc) is 2.42. The third-order valence-electron chi connectivity index (χ3n) is 3.01. The van der Waals surface area contributed by atoms with Crippen LogP contribution in [0.2, 0.25) is 0 Å². The smallest absolute Gasteiger partial charge is 0.219 e. The Morgan fingerprint density at radius 3 is 2.60 bits per heavy atom. The van der Waals surface area contributed by atoms with E-state index in [1.165, 1.54) is 6.07 Å². The topological polar surface area (TPSA) is 42.4 Å². The van der Waals surface area contributed by atoms with Gasteiger partial charge >= 0.3 is 0 Å². The lowest BCUT2D eigenvalue weighted by Gasteiger charge is -2.11. The lowest BCUT2D eigenvalue weighted by Crippen LogP contribution is -1.99. The highest BCUT2D eigenvalue weighted by Gasteiger charge is 2.08. The van der Waals surface area contributed by atoms with Crippen molar-refractivity contribution in [2.24, 2.45) is 0 Å². The first-order chi connectivity index (χ1) is 9.49. The maximum absolute atomic E-state index is 13.2. The first-order valence-corrected chi connectivity index (χ1v) is 6.55. The number of rotatable bonds is 4. The second-order valence-electron chi connectivity index (χ2n) is 5.06. The molecule has 1 aromatic carbocycles. The van der Waals surface area contributed by atoms with Crippen LogP contribution in [0.4, 0.5) is 4.39 Å². The van der Waals surface area contributed by atoms with Crippen molar-refractivity contribution in [2.45, 2.75) is 33.3 Å². The Bertz CT molecular complexity index is 611. The van der Waals surface area contributed by atoms with Crippen LogP contribution in [-0.2, 0) is 6.61 Å². The van der Waals surface area contributed by atoms with E-state index in [1.807, 2.05) is 19.9 Å². The zero-order valence-electron chi connectivity index (χ0n) is 11.9. The van der Waals surface area contributed by atoms with E-state index in [9.17, 15) is 9.50 Å². The molecule has 2 aromatic rings. The molecule has 2 rings (SSSR count). The molecule has 0 aliphatic heterocycles. The minimum absolute atomic E-state index is 0.0684. The summed E-state index contributed by atoms with van der Waals surface area (Å²) >= 11 is 0. The van der Waals surface area contributed by atoms with Crippen LogP contribution in [-0.4, -0.2) is 10.1 Å². The van der Waals surface area contributed by atoms with E-state index in [2.05, 4.69) is 4.98 Å². The average molecular weight is 275 g/mol. The zero-order chi connectivity index (χ0) is 14.7. The molecule has 0 fully saturated rings. The number of hydrogen-bond acceptors (Lipinski definition) is 3. The van der Waals surface area contributed by atoms with Crippen molar-refractivity contribution in [1.29, 1.82) is 0 Å². The molecule has 0 saturated carbocycles.